The lowest BCUT2D eigenvalue weighted by Gasteiger charge is -2.23. The van der Waals surface area contributed by atoms with Crippen LogP contribution in [0.2, 0.25) is 0 Å². The van der Waals surface area contributed by atoms with Gasteiger partial charge in [0, 0.05) is 37.7 Å². The van der Waals surface area contributed by atoms with Gasteiger partial charge in [0.15, 0.2) is 6.29 Å². The first-order valence-corrected chi connectivity index (χ1v) is 6.90. The summed E-state index contributed by atoms with van der Waals surface area (Å²) in [5.74, 6) is -0.307. The summed E-state index contributed by atoms with van der Waals surface area (Å²) in [7, 11) is 0. The summed E-state index contributed by atoms with van der Waals surface area (Å²) in [5, 5.41) is 4.13. The van der Waals surface area contributed by atoms with Gasteiger partial charge in [-0.25, -0.2) is 0 Å². The van der Waals surface area contributed by atoms with Crippen molar-refractivity contribution < 1.29 is 14.4 Å². The van der Waals surface area contributed by atoms with Gasteiger partial charge in [-0.2, -0.15) is 0 Å². The van der Waals surface area contributed by atoms with Crippen molar-refractivity contribution in [1.82, 2.24) is 10.3 Å². The number of aldehydes is 1. The highest BCUT2D eigenvalue weighted by molar-refractivity contribution is 6.06. The highest BCUT2D eigenvalue weighted by atomic mass is 16.2. The number of amides is 2. The van der Waals surface area contributed by atoms with E-state index in [9.17, 15) is 14.4 Å². The largest absolute Gasteiger partial charge is 0.355 e. The summed E-state index contributed by atoms with van der Waals surface area (Å²) in [5.41, 5.74) is 0.962. The van der Waals surface area contributed by atoms with Crippen molar-refractivity contribution in [3.8, 4) is 0 Å². The molecule has 0 bridgehead atoms. The number of carbonyl (C=O) groups is 3. The number of anilines is 1. The van der Waals surface area contributed by atoms with Crippen LogP contribution in [-0.2, 0) is 9.59 Å². The lowest BCUT2D eigenvalue weighted by atomic mass is 10.1. The topological polar surface area (TPSA) is 79.4 Å². The second-order valence-corrected chi connectivity index (χ2v) is 4.85. The molecule has 114 valence electrons. The summed E-state index contributed by atoms with van der Waals surface area (Å²) < 4.78 is 0. The zero-order valence-electron chi connectivity index (χ0n) is 12.5. The maximum absolute atomic E-state index is 11.9. The normalized spacial score (nSPS) is 10.3. The molecular formula is C16H17N3O3. The van der Waals surface area contributed by atoms with Gasteiger partial charge in [-0.3, -0.25) is 19.4 Å². The Hall–Kier alpha value is -2.76. The molecule has 2 amide bonds. The van der Waals surface area contributed by atoms with E-state index in [-0.39, 0.29) is 11.8 Å². The lowest BCUT2D eigenvalue weighted by Crippen LogP contribution is -2.37. The number of fused-ring (bicyclic) bond motifs is 1. The number of carbonyl (C=O) groups excluding carboxylic acids is 3. The second-order valence-electron chi connectivity index (χ2n) is 4.85. The minimum atomic E-state index is -0.156. The van der Waals surface area contributed by atoms with E-state index in [0.29, 0.717) is 36.1 Å². The Bertz CT molecular complexity index is 728. The number of nitrogens with one attached hydrogen (secondary N) is 1. The molecule has 0 radical (unpaired) electrons. The number of hydrogen-bond acceptors (Lipinski definition) is 4. The van der Waals surface area contributed by atoms with Crippen molar-refractivity contribution in [2.24, 2.45) is 0 Å². The van der Waals surface area contributed by atoms with Gasteiger partial charge in [-0.15, -0.1) is 0 Å². The van der Waals surface area contributed by atoms with Crippen molar-refractivity contribution in [2.75, 3.05) is 18.0 Å². The van der Waals surface area contributed by atoms with Crippen LogP contribution in [0.4, 0.5) is 5.69 Å². The van der Waals surface area contributed by atoms with E-state index in [1.165, 1.54) is 20.0 Å². The molecule has 0 aliphatic rings. The Morgan fingerprint density at radius 2 is 1.91 bits per heavy atom. The quantitative estimate of drug-likeness (QED) is 0.849. The number of aromatic nitrogens is 1. The fraction of sp³-hybridized carbons (Fsp3) is 0.250. The molecule has 1 aromatic carbocycles. The monoisotopic (exact) mass is 299 g/mol. The average Bonchev–Trinajstić information content (AvgIpc) is 2.50. The van der Waals surface area contributed by atoms with E-state index in [0.717, 1.165) is 5.39 Å². The van der Waals surface area contributed by atoms with Crippen molar-refractivity contribution in [3.05, 3.63) is 36.2 Å². The third-order valence-corrected chi connectivity index (χ3v) is 3.30. The van der Waals surface area contributed by atoms with Gasteiger partial charge in [0.2, 0.25) is 11.8 Å². The molecule has 0 aliphatic carbocycles. The number of rotatable bonds is 5. The van der Waals surface area contributed by atoms with E-state index in [4.69, 9.17) is 0 Å². The van der Waals surface area contributed by atoms with Gasteiger partial charge in [-0.05, 0) is 0 Å². The Balaban J connectivity index is 2.44. The number of benzene rings is 1. The van der Waals surface area contributed by atoms with Crippen LogP contribution < -0.4 is 10.2 Å². The highest BCUT2D eigenvalue weighted by Crippen LogP contribution is 2.27. The van der Waals surface area contributed by atoms with Gasteiger partial charge in [0.25, 0.3) is 0 Å². The first kappa shape index (κ1) is 15.6. The van der Waals surface area contributed by atoms with Gasteiger partial charge in [0.05, 0.1) is 11.9 Å². The van der Waals surface area contributed by atoms with Gasteiger partial charge in [-0.1, -0.05) is 24.3 Å². The summed E-state index contributed by atoms with van der Waals surface area (Å²) in [6, 6.07) is 7.29. The first-order chi connectivity index (χ1) is 10.5. The van der Waals surface area contributed by atoms with Crippen LogP contribution in [-0.4, -0.2) is 36.2 Å². The van der Waals surface area contributed by atoms with Crippen molar-refractivity contribution in [2.45, 2.75) is 13.8 Å². The highest BCUT2D eigenvalue weighted by Gasteiger charge is 2.16. The van der Waals surface area contributed by atoms with Crippen LogP contribution in [0.5, 0.6) is 0 Å². The molecule has 0 aliphatic heterocycles. The van der Waals surface area contributed by atoms with E-state index in [1.54, 1.807) is 11.0 Å². The maximum atomic E-state index is 11.9. The minimum absolute atomic E-state index is 0.150. The van der Waals surface area contributed by atoms with Crippen molar-refractivity contribution in [3.63, 3.8) is 0 Å². The maximum Gasteiger partial charge on any atom is 0.223 e. The fourth-order valence-corrected chi connectivity index (χ4v) is 2.30. The summed E-state index contributed by atoms with van der Waals surface area (Å²) in [6.45, 7) is 3.56. The molecule has 2 aromatic rings. The number of hydrogen-bond donors (Lipinski definition) is 1. The zero-order chi connectivity index (χ0) is 16.1. The molecule has 0 saturated heterocycles. The lowest BCUT2D eigenvalue weighted by molar-refractivity contribution is -0.119. The summed E-state index contributed by atoms with van der Waals surface area (Å²) in [6.07, 6.45) is 2.21. The SMILES string of the molecule is CC(=O)NCCN(C(C)=O)c1cnc(C=O)c2ccccc12. The molecule has 1 aromatic heterocycles. The molecular weight excluding hydrogens is 282 g/mol. The van der Waals surface area contributed by atoms with Crippen LogP contribution in [0.1, 0.15) is 24.3 Å². The molecule has 1 heterocycles. The molecule has 0 spiro atoms. The zero-order valence-corrected chi connectivity index (χ0v) is 12.5. The van der Waals surface area contributed by atoms with Gasteiger partial charge >= 0.3 is 0 Å². The van der Waals surface area contributed by atoms with Gasteiger partial charge < -0.3 is 10.2 Å². The van der Waals surface area contributed by atoms with Crippen LogP contribution in [0.15, 0.2) is 30.5 Å². The Kier molecular flexibility index (Phi) is 4.83. The predicted molar refractivity (Wildman–Crippen MR) is 83.8 cm³/mol. The van der Waals surface area contributed by atoms with Crippen molar-refractivity contribution in [1.29, 1.82) is 0 Å². The smallest absolute Gasteiger partial charge is 0.223 e. The summed E-state index contributed by atoms with van der Waals surface area (Å²) >= 11 is 0. The molecule has 6 heteroatoms. The molecule has 2 rings (SSSR count). The fourth-order valence-electron chi connectivity index (χ4n) is 2.30. The molecule has 0 unspecified atom stereocenters. The molecule has 0 atom stereocenters. The van der Waals surface area contributed by atoms with Crippen molar-refractivity contribution >= 4 is 34.6 Å². The molecule has 0 fully saturated rings. The standard InChI is InChI=1S/C16H17N3O3/c1-11(21)17-7-8-19(12(2)22)16-9-18-15(10-20)13-5-3-4-6-14(13)16/h3-6,9-10H,7-8H2,1-2H3,(H,17,21). The minimum Gasteiger partial charge on any atom is -0.355 e. The first-order valence-electron chi connectivity index (χ1n) is 6.90. The van der Waals surface area contributed by atoms with Crippen LogP contribution in [0, 0.1) is 0 Å². The van der Waals surface area contributed by atoms with E-state index >= 15 is 0 Å². The summed E-state index contributed by atoms with van der Waals surface area (Å²) in [4.78, 5) is 39.7. The van der Waals surface area contributed by atoms with E-state index < -0.39 is 0 Å². The van der Waals surface area contributed by atoms with Crippen LogP contribution in [0.25, 0.3) is 10.8 Å². The molecule has 1 N–H and O–H groups in total. The van der Waals surface area contributed by atoms with Crippen LogP contribution >= 0.6 is 0 Å². The Morgan fingerprint density at radius 1 is 1.23 bits per heavy atom. The number of nitrogens with zero attached hydrogens (tertiary/aromatic N) is 2. The molecule has 22 heavy (non-hydrogen) atoms. The van der Waals surface area contributed by atoms with E-state index in [2.05, 4.69) is 10.3 Å². The van der Waals surface area contributed by atoms with Gasteiger partial charge in [0.1, 0.15) is 5.69 Å². The predicted octanol–water partition coefficient (Wildman–Crippen LogP) is 1.54. The Morgan fingerprint density at radius 3 is 2.50 bits per heavy atom. The molecule has 6 nitrogen and oxygen atoms in total. The van der Waals surface area contributed by atoms with Crippen LogP contribution in [0.3, 0.4) is 0 Å². The number of pyridine rings is 1. The molecule has 0 saturated carbocycles. The second kappa shape index (κ2) is 6.80. The van der Waals surface area contributed by atoms with E-state index in [1.807, 2.05) is 18.2 Å². The third-order valence-electron chi connectivity index (χ3n) is 3.30. The third kappa shape index (κ3) is 3.28. The Labute approximate surface area is 128 Å². The average molecular weight is 299 g/mol.